The Kier molecular flexibility index (Phi) is 4.55. The zero-order chi connectivity index (χ0) is 17.8. The van der Waals surface area contributed by atoms with Crippen molar-refractivity contribution in [3.63, 3.8) is 0 Å². The zero-order valence-corrected chi connectivity index (χ0v) is 14.2. The van der Waals surface area contributed by atoms with E-state index < -0.39 is 0 Å². The summed E-state index contributed by atoms with van der Waals surface area (Å²) >= 11 is 0. The van der Waals surface area contributed by atoms with Gasteiger partial charge in [-0.3, -0.25) is 14.8 Å². The van der Waals surface area contributed by atoms with Crippen molar-refractivity contribution in [3.8, 4) is 11.6 Å². The topological polar surface area (TPSA) is 68.2 Å². The molecular weight excluding hydrogens is 328 g/mol. The minimum atomic E-state index is -0.115. The molecule has 1 atom stereocenters. The first kappa shape index (κ1) is 16.2. The number of ether oxygens (including phenoxy) is 1. The van der Waals surface area contributed by atoms with E-state index in [0.29, 0.717) is 23.9 Å². The lowest BCUT2D eigenvalue weighted by Crippen LogP contribution is -2.31. The second kappa shape index (κ2) is 7.31. The molecule has 3 heterocycles. The average Bonchev–Trinajstić information content (AvgIpc) is 3.19. The molecule has 0 bridgehead atoms. The fourth-order valence-corrected chi connectivity index (χ4v) is 3.14. The predicted molar refractivity (Wildman–Crippen MR) is 95.8 cm³/mol. The van der Waals surface area contributed by atoms with Gasteiger partial charge in [-0.15, -0.1) is 0 Å². The Morgan fingerprint density at radius 1 is 1.08 bits per heavy atom. The first-order valence-corrected chi connectivity index (χ1v) is 8.58. The molecule has 0 unspecified atom stereocenters. The van der Waals surface area contributed by atoms with Crippen LogP contribution in [0.5, 0.6) is 11.6 Å². The van der Waals surface area contributed by atoms with Crippen LogP contribution >= 0.6 is 0 Å². The third kappa shape index (κ3) is 3.39. The van der Waals surface area contributed by atoms with Crippen LogP contribution in [0, 0.1) is 0 Å². The Hall–Kier alpha value is -3.28. The highest BCUT2D eigenvalue weighted by Crippen LogP contribution is 2.32. The van der Waals surface area contributed by atoms with Crippen molar-refractivity contribution in [1.82, 2.24) is 19.9 Å². The van der Waals surface area contributed by atoms with Gasteiger partial charge in [-0.25, -0.2) is 4.98 Å². The molecular formula is C20H18N4O2. The van der Waals surface area contributed by atoms with E-state index in [9.17, 15) is 4.79 Å². The molecule has 26 heavy (non-hydrogen) atoms. The highest BCUT2D eigenvalue weighted by Gasteiger charge is 2.32. The van der Waals surface area contributed by atoms with E-state index >= 15 is 0 Å². The van der Waals surface area contributed by atoms with Crippen LogP contribution in [-0.4, -0.2) is 32.3 Å². The minimum Gasteiger partial charge on any atom is -0.437 e. The van der Waals surface area contributed by atoms with Gasteiger partial charge in [0, 0.05) is 12.7 Å². The van der Waals surface area contributed by atoms with Gasteiger partial charge in [-0.2, -0.15) is 0 Å². The van der Waals surface area contributed by atoms with Gasteiger partial charge in [-0.1, -0.05) is 24.3 Å². The summed E-state index contributed by atoms with van der Waals surface area (Å²) in [5.41, 5.74) is 1.18. The molecule has 1 amide bonds. The monoisotopic (exact) mass is 346 g/mol. The van der Waals surface area contributed by atoms with Gasteiger partial charge < -0.3 is 9.64 Å². The van der Waals surface area contributed by atoms with Crippen LogP contribution in [0.25, 0.3) is 0 Å². The molecule has 130 valence electrons. The number of carbonyl (C=O) groups excluding carboxylic acids is 1. The molecule has 0 N–H and O–H groups in total. The van der Waals surface area contributed by atoms with Crippen molar-refractivity contribution >= 4 is 5.91 Å². The number of aromatic nitrogens is 3. The fourth-order valence-electron chi connectivity index (χ4n) is 3.14. The molecule has 1 aliphatic heterocycles. The molecule has 1 aromatic carbocycles. The van der Waals surface area contributed by atoms with Crippen molar-refractivity contribution in [2.75, 3.05) is 6.54 Å². The van der Waals surface area contributed by atoms with Crippen LogP contribution < -0.4 is 4.74 Å². The lowest BCUT2D eigenvalue weighted by atomic mass is 10.1. The third-order valence-corrected chi connectivity index (χ3v) is 4.34. The van der Waals surface area contributed by atoms with Gasteiger partial charge in [-0.05, 0) is 37.1 Å². The molecule has 2 aromatic heterocycles. The molecule has 0 saturated carbocycles. The van der Waals surface area contributed by atoms with Gasteiger partial charge in [0.15, 0.2) is 0 Å². The quantitative estimate of drug-likeness (QED) is 0.721. The number of rotatable bonds is 4. The molecule has 1 fully saturated rings. The summed E-state index contributed by atoms with van der Waals surface area (Å²) in [4.78, 5) is 27.6. The largest absolute Gasteiger partial charge is 0.437 e. The molecule has 1 aliphatic rings. The van der Waals surface area contributed by atoms with Crippen LogP contribution in [0.3, 0.4) is 0 Å². The summed E-state index contributed by atoms with van der Waals surface area (Å²) in [5, 5.41) is 0. The van der Waals surface area contributed by atoms with Crippen LogP contribution in [-0.2, 0) is 0 Å². The molecule has 3 aromatic rings. The fraction of sp³-hybridized carbons (Fsp3) is 0.200. The number of carbonyl (C=O) groups is 1. The van der Waals surface area contributed by atoms with E-state index in [1.165, 1.54) is 0 Å². The van der Waals surface area contributed by atoms with Crippen LogP contribution in [0.15, 0.2) is 67.1 Å². The van der Waals surface area contributed by atoms with E-state index in [1.54, 1.807) is 30.7 Å². The number of hydrogen-bond donors (Lipinski definition) is 0. The van der Waals surface area contributed by atoms with Crippen molar-refractivity contribution in [2.24, 2.45) is 0 Å². The number of likely N-dealkylation sites (tertiary alicyclic amines) is 1. The number of nitrogens with zero attached hydrogens (tertiary/aromatic N) is 4. The number of para-hydroxylation sites is 1. The third-order valence-electron chi connectivity index (χ3n) is 4.34. The van der Waals surface area contributed by atoms with Gasteiger partial charge in [0.25, 0.3) is 5.91 Å². The van der Waals surface area contributed by atoms with Gasteiger partial charge in [0.2, 0.25) is 5.88 Å². The molecule has 0 radical (unpaired) electrons. The van der Waals surface area contributed by atoms with E-state index in [2.05, 4.69) is 15.0 Å². The standard InChI is InChI=1S/C20H18N4O2/c25-20(16-9-4-5-11-22-16)24-12-6-10-18(24)17-13-21-14-19(23-17)26-15-7-2-1-3-8-15/h1-5,7-9,11,13-14,18H,6,10,12H2/t18-/m1/s1. The highest BCUT2D eigenvalue weighted by atomic mass is 16.5. The maximum atomic E-state index is 12.8. The summed E-state index contributed by atoms with van der Waals surface area (Å²) in [6, 6.07) is 14.7. The number of amides is 1. The second-order valence-corrected chi connectivity index (χ2v) is 6.07. The maximum Gasteiger partial charge on any atom is 0.273 e. The molecule has 4 rings (SSSR count). The van der Waals surface area contributed by atoms with Gasteiger partial charge in [0.1, 0.15) is 11.4 Å². The smallest absolute Gasteiger partial charge is 0.273 e. The van der Waals surface area contributed by atoms with Crippen LogP contribution in [0.1, 0.15) is 35.1 Å². The number of benzene rings is 1. The van der Waals surface area contributed by atoms with Gasteiger partial charge >= 0.3 is 0 Å². The van der Waals surface area contributed by atoms with E-state index in [4.69, 9.17) is 4.74 Å². The maximum absolute atomic E-state index is 12.8. The van der Waals surface area contributed by atoms with E-state index in [0.717, 1.165) is 18.5 Å². The van der Waals surface area contributed by atoms with E-state index in [1.807, 2.05) is 41.3 Å². The Morgan fingerprint density at radius 2 is 1.92 bits per heavy atom. The Balaban J connectivity index is 1.56. The zero-order valence-electron chi connectivity index (χ0n) is 14.2. The SMILES string of the molecule is O=C(c1ccccn1)N1CCC[C@@H]1c1cncc(Oc2ccccc2)n1. The van der Waals surface area contributed by atoms with Crippen LogP contribution in [0.2, 0.25) is 0 Å². The predicted octanol–water partition coefficient (Wildman–Crippen LogP) is 3.64. The minimum absolute atomic E-state index is 0.0794. The average molecular weight is 346 g/mol. The Morgan fingerprint density at radius 3 is 2.73 bits per heavy atom. The lowest BCUT2D eigenvalue weighted by Gasteiger charge is -2.24. The first-order chi connectivity index (χ1) is 12.8. The molecule has 0 spiro atoms. The highest BCUT2D eigenvalue weighted by molar-refractivity contribution is 5.92. The Bertz CT molecular complexity index is 887. The van der Waals surface area contributed by atoms with Crippen LogP contribution in [0.4, 0.5) is 0 Å². The summed E-state index contributed by atoms with van der Waals surface area (Å²) in [6.07, 6.45) is 6.69. The normalized spacial score (nSPS) is 16.5. The first-order valence-electron chi connectivity index (χ1n) is 8.58. The summed E-state index contributed by atoms with van der Waals surface area (Å²) in [6.45, 7) is 0.686. The van der Waals surface area contributed by atoms with Crippen molar-refractivity contribution in [2.45, 2.75) is 18.9 Å². The lowest BCUT2D eigenvalue weighted by molar-refractivity contribution is 0.0726. The summed E-state index contributed by atoms with van der Waals surface area (Å²) < 4.78 is 5.77. The summed E-state index contributed by atoms with van der Waals surface area (Å²) in [7, 11) is 0. The van der Waals surface area contributed by atoms with Crippen molar-refractivity contribution in [1.29, 1.82) is 0 Å². The number of hydrogen-bond acceptors (Lipinski definition) is 5. The molecule has 1 saturated heterocycles. The molecule has 0 aliphatic carbocycles. The number of pyridine rings is 1. The second-order valence-electron chi connectivity index (χ2n) is 6.07. The molecule has 6 nitrogen and oxygen atoms in total. The van der Waals surface area contributed by atoms with Gasteiger partial charge in [0.05, 0.1) is 24.1 Å². The van der Waals surface area contributed by atoms with Crippen molar-refractivity contribution in [3.05, 3.63) is 78.5 Å². The Labute approximate surface area is 151 Å². The summed E-state index contributed by atoms with van der Waals surface area (Å²) in [5.74, 6) is 1.04. The van der Waals surface area contributed by atoms with Crippen molar-refractivity contribution < 1.29 is 9.53 Å². The van der Waals surface area contributed by atoms with E-state index in [-0.39, 0.29) is 11.9 Å². The molecule has 6 heteroatoms.